The van der Waals surface area contributed by atoms with Crippen molar-refractivity contribution in [1.82, 2.24) is 0 Å². The molecule has 102 valence electrons. The molecule has 1 aliphatic rings. The molecular weight excluding hydrogens is 248 g/mol. The summed E-state index contributed by atoms with van der Waals surface area (Å²) >= 11 is 0. The number of cyclic esters (lactones) is 1. The highest BCUT2D eigenvalue weighted by Crippen LogP contribution is 2.32. The second kappa shape index (κ2) is 5.30. The Morgan fingerprint density at radius 1 is 1.37 bits per heavy atom. The number of carbonyl (C=O) groups excluding carboxylic acids is 2. The van der Waals surface area contributed by atoms with E-state index in [0.29, 0.717) is 12.8 Å². The zero-order chi connectivity index (χ0) is 13.9. The van der Waals surface area contributed by atoms with E-state index in [1.54, 1.807) is 7.11 Å². The van der Waals surface area contributed by atoms with Gasteiger partial charge in [-0.2, -0.15) is 0 Å². The van der Waals surface area contributed by atoms with Crippen molar-refractivity contribution in [3.05, 3.63) is 29.8 Å². The molecule has 0 amide bonds. The molecule has 1 unspecified atom stereocenters. The van der Waals surface area contributed by atoms with Gasteiger partial charge in [0.1, 0.15) is 5.75 Å². The lowest BCUT2D eigenvalue weighted by molar-refractivity contribution is -0.212. The van der Waals surface area contributed by atoms with Crippen LogP contribution in [0.5, 0.6) is 5.75 Å². The number of methoxy groups -OCH3 is 1. The molecule has 1 fully saturated rings. The first kappa shape index (κ1) is 13.4. The standard InChI is InChI=1S/C14H16O5/c1-10(15)18-14(8-7-13(16)19-14)9-11-3-5-12(17-2)6-4-11/h3-6H,7-9H2,1-2H3. The van der Waals surface area contributed by atoms with Crippen LogP contribution < -0.4 is 4.74 Å². The normalized spacial score (nSPS) is 21.9. The molecular formula is C14H16O5. The maximum Gasteiger partial charge on any atom is 0.309 e. The summed E-state index contributed by atoms with van der Waals surface area (Å²) in [5.74, 6) is -1.20. The smallest absolute Gasteiger partial charge is 0.309 e. The Bertz CT molecular complexity index is 479. The lowest BCUT2D eigenvalue weighted by Crippen LogP contribution is -2.36. The van der Waals surface area contributed by atoms with E-state index in [2.05, 4.69) is 0 Å². The van der Waals surface area contributed by atoms with Gasteiger partial charge in [0.05, 0.1) is 20.0 Å². The van der Waals surface area contributed by atoms with Crippen LogP contribution in [0, 0.1) is 0 Å². The lowest BCUT2D eigenvalue weighted by atomic mass is 10.0. The van der Waals surface area contributed by atoms with Crippen molar-refractivity contribution in [2.75, 3.05) is 7.11 Å². The Labute approximate surface area is 111 Å². The van der Waals surface area contributed by atoms with Gasteiger partial charge in [-0.05, 0) is 17.7 Å². The van der Waals surface area contributed by atoms with Crippen molar-refractivity contribution in [2.45, 2.75) is 32.0 Å². The Morgan fingerprint density at radius 3 is 2.53 bits per heavy atom. The van der Waals surface area contributed by atoms with E-state index in [1.165, 1.54) is 6.92 Å². The number of rotatable bonds is 4. The summed E-state index contributed by atoms with van der Waals surface area (Å²) in [4.78, 5) is 22.5. The number of hydrogen-bond acceptors (Lipinski definition) is 5. The summed E-state index contributed by atoms with van der Waals surface area (Å²) in [6, 6.07) is 7.34. The highest BCUT2D eigenvalue weighted by atomic mass is 16.7. The van der Waals surface area contributed by atoms with Gasteiger partial charge in [-0.3, -0.25) is 9.59 Å². The zero-order valence-corrected chi connectivity index (χ0v) is 11.0. The molecule has 0 saturated carbocycles. The van der Waals surface area contributed by atoms with Crippen molar-refractivity contribution in [3.8, 4) is 5.75 Å². The van der Waals surface area contributed by atoms with E-state index in [-0.39, 0.29) is 12.4 Å². The van der Waals surface area contributed by atoms with Crippen molar-refractivity contribution < 1.29 is 23.8 Å². The predicted molar refractivity (Wildman–Crippen MR) is 66.5 cm³/mol. The molecule has 0 N–H and O–H groups in total. The monoisotopic (exact) mass is 264 g/mol. The maximum atomic E-state index is 11.3. The Morgan fingerprint density at radius 2 is 2.05 bits per heavy atom. The molecule has 0 radical (unpaired) electrons. The van der Waals surface area contributed by atoms with Gasteiger partial charge in [-0.15, -0.1) is 0 Å². The van der Waals surface area contributed by atoms with Gasteiger partial charge in [0, 0.05) is 13.3 Å². The van der Waals surface area contributed by atoms with Crippen LogP contribution in [0.3, 0.4) is 0 Å². The quantitative estimate of drug-likeness (QED) is 0.776. The Kier molecular flexibility index (Phi) is 3.74. The first-order valence-electron chi connectivity index (χ1n) is 6.07. The van der Waals surface area contributed by atoms with E-state index >= 15 is 0 Å². The van der Waals surface area contributed by atoms with Crippen LogP contribution in [0.25, 0.3) is 0 Å². The molecule has 5 heteroatoms. The minimum atomic E-state index is -1.16. The van der Waals surface area contributed by atoms with E-state index < -0.39 is 11.8 Å². The van der Waals surface area contributed by atoms with Crippen LogP contribution >= 0.6 is 0 Å². The second-order valence-corrected chi connectivity index (χ2v) is 4.50. The molecule has 1 aromatic carbocycles. The molecule has 1 aliphatic heterocycles. The molecule has 1 aromatic rings. The number of carbonyl (C=O) groups is 2. The van der Waals surface area contributed by atoms with Crippen molar-refractivity contribution in [1.29, 1.82) is 0 Å². The molecule has 1 heterocycles. The van der Waals surface area contributed by atoms with E-state index in [9.17, 15) is 9.59 Å². The van der Waals surface area contributed by atoms with Crippen LogP contribution in [0.2, 0.25) is 0 Å². The SMILES string of the molecule is COc1ccc(CC2(OC(C)=O)CCC(=O)O2)cc1. The van der Waals surface area contributed by atoms with Gasteiger partial charge in [0.2, 0.25) is 0 Å². The molecule has 2 rings (SSSR count). The van der Waals surface area contributed by atoms with Gasteiger partial charge in [0.15, 0.2) is 0 Å². The second-order valence-electron chi connectivity index (χ2n) is 4.50. The summed E-state index contributed by atoms with van der Waals surface area (Å²) in [7, 11) is 1.59. The number of ether oxygens (including phenoxy) is 3. The fourth-order valence-electron chi connectivity index (χ4n) is 2.15. The number of benzene rings is 1. The minimum Gasteiger partial charge on any atom is -0.497 e. The number of hydrogen-bond donors (Lipinski definition) is 0. The summed E-state index contributed by atoms with van der Waals surface area (Å²) in [6.07, 6.45) is 1.00. The largest absolute Gasteiger partial charge is 0.497 e. The molecule has 1 atom stereocenters. The van der Waals surface area contributed by atoms with Gasteiger partial charge in [-0.25, -0.2) is 0 Å². The Hall–Kier alpha value is -2.04. The van der Waals surface area contributed by atoms with Crippen molar-refractivity contribution >= 4 is 11.9 Å². The highest BCUT2D eigenvalue weighted by molar-refractivity contribution is 5.73. The third-order valence-electron chi connectivity index (χ3n) is 2.97. The van der Waals surface area contributed by atoms with Crippen LogP contribution in [0.1, 0.15) is 25.3 Å². The van der Waals surface area contributed by atoms with Crippen LogP contribution in [0.4, 0.5) is 0 Å². The first-order chi connectivity index (χ1) is 9.03. The molecule has 19 heavy (non-hydrogen) atoms. The predicted octanol–water partition coefficient (Wildman–Crippen LogP) is 1.83. The van der Waals surface area contributed by atoms with Crippen LogP contribution in [-0.2, 0) is 25.5 Å². The third kappa shape index (κ3) is 3.24. The summed E-state index contributed by atoms with van der Waals surface area (Å²) < 4.78 is 15.5. The molecule has 0 bridgehead atoms. The summed E-state index contributed by atoms with van der Waals surface area (Å²) in [5, 5.41) is 0. The molecule has 5 nitrogen and oxygen atoms in total. The van der Waals surface area contributed by atoms with Gasteiger partial charge >= 0.3 is 11.9 Å². The fourth-order valence-corrected chi connectivity index (χ4v) is 2.15. The lowest BCUT2D eigenvalue weighted by Gasteiger charge is -2.26. The molecule has 0 aliphatic carbocycles. The zero-order valence-electron chi connectivity index (χ0n) is 11.0. The minimum absolute atomic E-state index is 0.267. The van der Waals surface area contributed by atoms with E-state index in [4.69, 9.17) is 14.2 Å². The first-order valence-corrected chi connectivity index (χ1v) is 6.07. The Balaban J connectivity index is 2.15. The maximum absolute atomic E-state index is 11.3. The van der Waals surface area contributed by atoms with E-state index in [0.717, 1.165) is 11.3 Å². The van der Waals surface area contributed by atoms with Gasteiger partial charge in [-0.1, -0.05) is 12.1 Å². The molecule has 0 aromatic heterocycles. The third-order valence-corrected chi connectivity index (χ3v) is 2.97. The molecule has 0 spiro atoms. The average molecular weight is 264 g/mol. The average Bonchev–Trinajstić information content (AvgIpc) is 2.70. The highest BCUT2D eigenvalue weighted by Gasteiger charge is 2.43. The summed E-state index contributed by atoms with van der Waals surface area (Å²) in [6.45, 7) is 1.31. The topological polar surface area (TPSA) is 61.8 Å². The van der Waals surface area contributed by atoms with Gasteiger partial charge in [0.25, 0.3) is 5.79 Å². The summed E-state index contributed by atoms with van der Waals surface area (Å²) in [5.41, 5.74) is 0.914. The van der Waals surface area contributed by atoms with Crippen molar-refractivity contribution in [2.24, 2.45) is 0 Å². The van der Waals surface area contributed by atoms with Crippen molar-refractivity contribution in [3.63, 3.8) is 0 Å². The fraction of sp³-hybridized carbons (Fsp3) is 0.429. The van der Waals surface area contributed by atoms with Crippen LogP contribution in [0.15, 0.2) is 24.3 Å². The van der Waals surface area contributed by atoms with Gasteiger partial charge < -0.3 is 14.2 Å². The van der Waals surface area contributed by atoms with Crippen LogP contribution in [-0.4, -0.2) is 24.8 Å². The molecule has 1 saturated heterocycles. The van der Waals surface area contributed by atoms with E-state index in [1.807, 2.05) is 24.3 Å². The number of esters is 2.